The Morgan fingerprint density at radius 3 is 2.50 bits per heavy atom. The van der Waals surface area contributed by atoms with Crippen molar-refractivity contribution in [2.24, 2.45) is 0 Å². The van der Waals surface area contributed by atoms with Crippen LogP contribution in [0, 0.1) is 13.8 Å². The molecule has 2 heterocycles. The lowest BCUT2D eigenvalue weighted by atomic mass is 10.0. The van der Waals surface area contributed by atoms with Crippen LogP contribution in [0.1, 0.15) is 48.3 Å². The van der Waals surface area contributed by atoms with Gasteiger partial charge in [-0.2, -0.15) is 0 Å². The standard InChI is InChI=1S/C22H28N2/c1-5-7-21-19(6-2)20-14-16(3)8-11-22(20)24(21)13-12-18-10-9-17(4)23-15-18/h8-11,14-15H,5-7,12-13H2,1-4H3. The van der Waals surface area contributed by atoms with Gasteiger partial charge in [-0.1, -0.05) is 38.0 Å². The molecule has 0 saturated carbocycles. The Hall–Kier alpha value is -2.09. The van der Waals surface area contributed by atoms with Crippen molar-refractivity contribution in [3.63, 3.8) is 0 Å². The first-order chi connectivity index (χ1) is 11.6. The highest BCUT2D eigenvalue weighted by atomic mass is 15.0. The second-order valence-corrected chi connectivity index (χ2v) is 6.76. The second-order valence-electron chi connectivity index (χ2n) is 6.76. The summed E-state index contributed by atoms with van der Waals surface area (Å²) in [6, 6.07) is 11.2. The Labute approximate surface area is 145 Å². The fraction of sp³-hybridized carbons (Fsp3) is 0.409. The maximum atomic E-state index is 4.44. The van der Waals surface area contributed by atoms with Gasteiger partial charge < -0.3 is 4.57 Å². The van der Waals surface area contributed by atoms with Gasteiger partial charge in [-0.25, -0.2) is 0 Å². The van der Waals surface area contributed by atoms with Crippen molar-refractivity contribution in [3.8, 4) is 0 Å². The summed E-state index contributed by atoms with van der Waals surface area (Å²) >= 11 is 0. The minimum absolute atomic E-state index is 1.03. The Morgan fingerprint density at radius 1 is 1.00 bits per heavy atom. The van der Waals surface area contributed by atoms with Crippen LogP contribution in [0.5, 0.6) is 0 Å². The van der Waals surface area contributed by atoms with E-state index in [-0.39, 0.29) is 0 Å². The van der Waals surface area contributed by atoms with E-state index < -0.39 is 0 Å². The van der Waals surface area contributed by atoms with Crippen molar-refractivity contribution in [2.75, 3.05) is 0 Å². The van der Waals surface area contributed by atoms with E-state index in [9.17, 15) is 0 Å². The Balaban J connectivity index is 2.01. The smallest absolute Gasteiger partial charge is 0.0485 e. The van der Waals surface area contributed by atoms with Crippen LogP contribution in [-0.4, -0.2) is 9.55 Å². The van der Waals surface area contributed by atoms with Crippen LogP contribution in [0.2, 0.25) is 0 Å². The minimum Gasteiger partial charge on any atom is -0.344 e. The van der Waals surface area contributed by atoms with Crippen molar-refractivity contribution in [3.05, 3.63) is 64.6 Å². The molecule has 2 nitrogen and oxygen atoms in total. The molecular weight excluding hydrogens is 292 g/mol. The van der Waals surface area contributed by atoms with E-state index in [1.165, 1.54) is 39.7 Å². The molecular formula is C22H28N2. The molecule has 1 aromatic carbocycles. The third kappa shape index (κ3) is 3.24. The molecule has 0 amide bonds. The molecule has 126 valence electrons. The van der Waals surface area contributed by atoms with E-state index in [0.29, 0.717) is 0 Å². The molecule has 24 heavy (non-hydrogen) atoms. The summed E-state index contributed by atoms with van der Waals surface area (Å²) in [5.74, 6) is 0. The largest absolute Gasteiger partial charge is 0.344 e. The fourth-order valence-corrected chi connectivity index (χ4v) is 3.65. The summed E-state index contributed by atoms with van der Waals surface area (Å²) in [6.07, 6.45) is 6.50. The normalized spacial score (nSPS) is 11.3. The number of benzene rings is 1. The highest BCUT2D eigenvalue weighted by Gasteiger charge is 2.15. The van der Waals surface area contributed by atoms with Crippen LogP contribution < -0.4 is 0 Å². The Morgan fingerprint density at radius 2 is 1.83 bits per heavy atom. The van der Waals surface area contributed by atoms with E-state index in [1.807, 2.05) is 13.1 Å². The molecule has 0 fully saturated rings. The summed E-state index contributed by atoms with van der Waals surface area (Å²) in [4.78, 5) is 4.44. The number of fused-ring (bicyclic) bond motifs is 1. The third-order valence-electron chi connectivity index (χ3n) is 4.88. The first kappa shape index (κ1) is 16.8. The predicted octanol–water partition coefficient (Wildman–Crippen LogP) is 5.41. The van der Waals surface area contributed by atoms with Gasteiger partial charge in [0, 0.05) is 35.0 Å². The molecule has 0 N–H and O–H groups in total. The SMILES string of the molecule is CCCc1c(CC)c2cc(C)ccc2n1CCc1ccc(C)nc1. The summed E-state index contributed by atoms with van der Waals surface area (Å²) in [5.41, 5.74) is 8.20. The molecule has 0 spiro atoms. The first-order valence-corrected chi connectivity index (χ1v) is 9.16. The zero-order valence-corrected chi connectivity index (χ0v) is 15.4. The van der Waals surface area contributed by atoms with Gasteiger partial charge in [-0.05, 0) is 62.4 Å². The molecule has 3 aromatic rings. The Bertz CT molecular complexity index is 825. The minimum atomic E-state index is 1.03. The van der Waals surface area contributed by atoms with E-state index in [0.717, 1.165) is 31.5 Å². The lowest BCUT2D eigenvalue weighted by Crippen LogP contribution is -2.07. The van der Waals surface area contributed by atoms with Crippen molar-refractivity contribution >= 4 is 10.9 Å². The number of rotatable bonds is 6. The topological polar surface area (TPSA) is 17.8 Å². The average molecular weight is 320 g/mol. The van der Waals surface area contributed by atoms with Crippen LogP contribution in [0.15, 0.2) is 36.5 Å². The molecule has 0 aliphatic rings. The van der Waals surface area contributed by atoms with Crippen LogP contribution in [-0.2, 0) is 25.8 Å². The van der Waals surface area contributed by atoms with Gasteiger partial charge in [-0.3, -0.25) is 4.98 Å². The predicted molar refractivity (Wildman–Crippen MR) is 103 cm³/mol. The first-order valence-electron chi connectivity index (χ1n) is 9.16. The molecule has 0 saturated heterocycles. The van der Waals surface area contributed by atoms with Gasteiger partial charge in [0.15, 0.2) is 0 Å². The number of hydrogen-bond acceptors (Lipinski definition) is 1. The van der Waals surface area contributed by atoms with Gasteiger partial charge in [0.25, 0.3) is 0 Å². The number of hydrogen-bond donors (Lipinski definition) is 0. The van der Waals surface area contributed by atoms with Crippen molar-refractivity contribution in [2.45, 2.75) is 59.9 Å². The maximum Gasteiger partial charge on any atom is 0.0485 e. The van der Waals surface area contributed by atoms with E-state index >= 15 is 0 Å². The van der Waals surface area contributed by atoms with Crippen LogP contribution in [0.3, 0.4) is 0 Å². The van der Waals surface area contributed by atoms with Gasteiger partial charge >= 0.3 is 0 Å². The maximum absolute atomic E-state index is 4.44. The molecule has 0 aliphatic carbocycles. The quantitative estimate of drug-likeness (QED) is 0.593. The number of aromatic nitrogens is 2. The van der Waals surface area contributed by atoms with E-state index in [4.69, 9.17) is 0 Å². The number of pyridine rings is 1. The fourth-order valence-electron chi connectivity index (χ4n) is 3.65. The van der Waals surface area contributed by atoms with Gasteiger partial charge in [0.2, 0.25) is 0 Å². The lowest BCUT2D eigenvalue weighted by Gasteiger charge is -2.12. The molecule has 2 heteroatoms. The molecule has 0 aliphatic heterocycles. The van der Waals surface area contributed by atoms with Crippen molar-refractivity contribution in [1.29, 1.82) is 0 Å². The Kier molecular flexibility index (Phi) is 5.03. The molecule has 0 radical (unpaired) electrons. The van der Waals surface area contributed by atoms with Crippen LogP contribution in [0.4, 0.5) is 0 Å². The lowest BCUT2D eigenvalue weighted by molar-refractivity contribution is 0.667. The van der Waals surface area contributed by atoms with Crippen LogP contribution in [0.25, 0.3) is 10.9 Å². The highest BCUT2D eigenvalue weighted by Crippen LogP contribution is 2.29. The van der Waals surface area contributed by atoms with E-state index in [2.05, 4.69) is 60.7 Å². The monoisotopic (exact) mass is 320 g/mol. The van der Waals surface area contributed by atoms with Crippen molar-refractivity contribution < 1.29 is 0 Å². The molecule has 3 rings (SSSR count). The zero-order chi connectivity index (χ0) is 17.1. The molecule has 0 bridgehead atoms. The van der Waals surface area contributed by atoms with Crippen LogP contribution >= 0.6 is 0 Å². The van der Waals surface area contributed by atoms with Crippen molar-refractivity contribution in [1.82, 2.24) is 9.55 Å². The zero-order valence-electron chi connectivity index (χ0n) is 15.4. The molecule has 0 unspecified atom stereocenters. The molecule has 0 atom stereocenters. The summed E-state index contributed by atoms with van der Waals surface area (Å²) in [5, 5.41) is 1.45. The number of nitrogens with zero attached hydrogens (tertiary/aromatic N) is 2. The van der Waals surface area contributed by atoms with E-state index in [1.54, 1.807) is 0 Å². The van der Waals surface area contributed by atoms with Gasteiger partial charge in [-0.15, -0.1) is 0 Å². The average Bonchev–Trinajstić information content (AvgIpc) is 2.86. The summed E-state index contributed by atoms with van der Waals surface area (Å²) in [6.45, 7) is 9.81. The summed E-state index contributed by atoms with van der Waals surface area (Å²) in [7, 11) is 0. The highest BCUT2D eigenvalue weighted by molar-refractivity contribution is 5.86. The third-order valence-corrected chi connectivity index (χ3v) is 4.88. The summed E-state index contributed by atoms with van der Waals surface area (Å²) < 4.78 is 2.55. The second kappa shape index (κ2) is 7.21. The van der Waals surface area contributed by atoms with Gasteiger partial charge in [0.05, 0.1) is 0 Å². The van der Waals surface area contributed by atoms with Gasteiger partial charge in [0.1, 0.15) is 0 Å². The number of aryl methyl sites for hydroxylation is 5. The molecule has 2 aromatic heterocycles.